The number of aromatic nitrogens is 1. The van der Waals surface area contributed by atoms with Crippen LogP contribution < -0.4 is 5.32 Å². The molecular weight excluding hydrogens is 208 g/mol. The van der Waals surface area contributed by atoms with Gasteiger partial charge in [0, 0.05) is 18.9 Å². The van der Waals surface area contributed by atoms with Crippen molar-refractivity contribution in [3.05, 3.63) is 30.1 Å². The minimum absolute atomic E-state index is 0.556. The van der Waals surface area contributed by atoms with Crippen molar-refractivity contribution in [1.29, 1.82) is 0 Å². The van der Waals surface area contributed by atoms with Crippen LogP contribution in [0.2, 0.25) is 0 Å². The van der Waals surface area contributed by atoms with Gasteiger partial charge in [0.15, 0.2) is 0 Å². The van der Waals surface area contributed by atoms with Crippen LogP contribution in [0, 0.1) is 5.41 Å². The van der Waals surface area contributed by atoms with Gasteiger partial charge in [0.1, 0.15) is 0 Å². The summed E-state index contributed by atoms with van der Waals surface area (Å²) in [6.07, 6.45) is 9.40. The van der Waals surface area contributed by atoms with Crippen LogP contribution in [-0.2, 0) is 0 Å². The third-order valence-electron chi connectivity index (χ3n) is 3.94. The smallest absolute Gasteiger partial charge is 0.0303 e. The minimum Gasteiger partial charge on any atom is -0.316 e. The molecule has 0 amide bonds. The lowest BCUT2D eigenvalue weighted by atomic mass is 10.0. The van der Waals surface area contributed by atoms with Gasteiger partial charge in [-0.1, -0.05) is 19.9 Å². The topological polar surface area (TPSA) is 24.9 Å². The first-order chi connectivity index (χ1) is 8.20. The largest absolute Gasteiger partial charge is 0.316 e. The molecule has 2 rings (SSSR count). The van der Waals surface area contributed by atoms with Crippen LogP contribution in [0.5, 0.6) is 0 Å². The van der Waals surface area contributed by atoms with Crippen LogP contribution in [0.15, 0.2) is 24.5 Å². The van der Waals surface area contributed by atoms with Crippen molar-refractivity contribution < 1.29 is 0 Å². The van der Waals surface area contributed by atoms with Gasteiger partial charge in [0.05, 0.1) is 0 Å². The van der Waals surface area contributed by atoms with Gasteiger partial charge >= 0.3 is 0 Å². The van der Waals surface area contributed by atoms with Crippen molar-refractivity contribution in [3.8, 4) is 0 Å². The van der Waals surface area contributed by atoms with Gasteiger partial charge in [-0.3, -0.25) is 4.98 Å². The first-order valence-electron chi connectivity index (χ1n) is 6.80. The number of hydrogen-bond donors (Lipinski definition) is 1. The Morgan fingerprint density at radius 3 is 2.94 bits per heavy atom. The molecule has 0 saturated heterocycles. The molecule has 1 heterocycles. The van der Waals surface area contributed by atoms with E-state index in [1.165, 1.54) is 31.2 Å². The molecule has 1 aromatic heterocycles. The number of rotatable bonds is 7. The average Bonchev–Trinajstić information content (AvgIpc) is 3.08. The maximum Gasteiger partial charge on any atom is 0.0303 e. The van der Waals surface area contributed by atoms with Crippen molar-refractivity contribution in [2.45, 2.75) is 45.4 Å². The van der Waals surface area contributed by atoms with Crippen LogP contribution in [0.4, 0.5) is 0 Å². The Morgan fingerprint density at radius 2 is 2.29 bits per heavy atom. The Bertz CT molecular complexity index is 330. The van der Waals surface area contributed by atoms with Crippen LogP contribution >= 0.6 is 0 Å². The predicted molar refractivity (Wildman–Crippen MR) is 72.1 cm³/mol. The van der Waals surface area contributed by atoms with Crippen molar-refractivity contribution in [2.24, 2.45) is 5.41 Å². The average molecular weight is 232 g/mol. The molecule has 94 valence electrons. The minimum atomic E-state index is 0.556. The van der Waals surface area contributed by atoms with E-state index in [0.717, 1.165) is 13.1 Å². The SMILES string of the molecule is CC(CNCCCC1(C)CC1)c1cccnc1. The predicted octanol–water partition coefficient (Wildman–Crippen LogP) is 3.36. The van der Waals surface area contributed by atoms with Crippen LogP contribution in [0.25, 0.3) is 0 Å². The molecule has 0 bridgehead atoms. The number of pyridine rings is 1. The summed E-state index contributed by atoms with van der Waals surface area (Å²) < 4.78 is 0. The summed E-state index contributed by atoms with van der Waals surface area (Å²) in [5, 5.41) is 3.56. The molecule has 1 N–H and O–H groups in total. The van der Waals surface area contributed by atoms with E-state index in [1.54, 1.807) is 0 Å². The van der Waals surface area contributed by atoms with Crippen LogP contribution in [0.3, 0.4) is 0 Å². The van der Waals surface area contributed by atoms with Crippen LogP contribution in [-0.4, -0.2) is 18.1 Å². The van der Waals surface area contributed by atoms with E-state index in [0.29, 0.717) is 11.3 Å². The van der Waals surface area contributed by atoms with Gasteiger partial charge in [0.2, 0.25) is 0 Å². The summed E-state index contributed by atoms with van der Waals surface area (Å²) in [5.41, 5.74) is 2.03. The zero-order valence-electron chi connectivity index (χ0n) is 11.1. The molecule has 2 nitrogen and oxygen atoms in total. The summed E-state index contributed by atoms with van der Waals surface area (Å²) in [4.78, 5) is 4.16. The first kappa shape index (κ1) is 12.6. The van der Waals surface area contributed by atoms with E-state index in [1.807, 2.05) is 18.5 Å². The molecule has 0 aliphatic heterocycles. The molecule has 1 saturated carbocycles. The number of nitrogens with one attached hydrogen (secondary N) is 1. The molecule has 1 aromatic rings. The Labute approximate surface area is 105 Å². The Morgan fingerprint density at radius 1 is 1.47 bits per heavy atom. The first-order valence-corrected chi connectivity index (χ1v) is 6.80. The highest BCUT2D eigenvalue weighted by Gasteiger charge is 2.35. The van der Waals surface area contributed by atoms with E-state index >= 15 is 0 Å². The lowest BCUT2D eigenvalue weighted by molar-refractivity contribution is 0.473. The fraction of sp³-hybridized carbons (Fsp3) is 0.667. The second-order valence-electron chi connectivity index (χ2n) is 5.81. The zero-order chi connectivity index (χ0) is 12.1. The van der Waals surface area contributed by atoms with Gasteiger partial charge in [0.25, 0.3) is 0 Å². The van der Waals surface area contributed by atoms with Crippen LogP contribution in [0.1, 0.15) is 51.0 Å². The number of hydrogen-bond acceptors (Lipinski definition) is 2. The van der Waals surface area contributed by atoms with Gasteiger partial charge < -0.3 is 5.32 Å². The molecule has 1 aliphatic carbocycles. The zero-order valence-corrected chi connectivity index (χ0v) is 11.1. The maximum atomic E-state index is 4.16. The lowest BCUT2D eigenvalue weighted by Gasteiger charge is -2.13. The summed E-state index contributed by atoms with van der Waals surface area (Å²) in [5.74, 6) is 0.556. The van der Waals surface area contributed by atoms with E-state index < -0.39 is 0 Å². The van der Waals surface area contributed by atoms with E-state index in [2.05, 4.69) is 30.2 Å². The molecular formula is C15H24N2. The summed E-state index contributed by atoms with van der Waals surface area (Å²) >= 11 is 0. The quantitative estimate of drug-likeness (QED) is 0.729. The molecule has 1 atom stereocenters. The van der Waals surface area contributed by atoms with E-state index in [4.69, 9.17) is 0 Å². The van der Waals surface area contributed by atoms with Gasteiger partial charge in [-0.05, 0) is 55.2 Å². The highest BCUT2D eigenvalue weighted by molar-refractivity contribution is 5.13. The summed E-state index contributed by atoms with van der Waals surface area (Å²) in [6, 6.07) is 4.17. The Balaban J connectivity index is 1.58. The fourth-order valence-electron chi connectivity index (χ4n) is 2.21. The third-order valence-corrected chi connectivity index (χ3v) is 3.94. The lowest BCUT2D eigenvalue weighted by Crippen LogP contribution is -2.21. The number of nitrogens with zero attached hydrogens (tertiary/aromatic N) is 1. The Kier molecular flexibility index (Phi) is 4.16. The molecule has 1 unspecified atom stereocenters. The second kappa shape index (κ2) is 5.63. The molecule has 1 fully saturated rings. The molecule has 0 aromatic carbocycles. The maximum absolute atomic E-state index is 4.16. The summed E-state index contributed by atoms with van der Waals surface area (Å²) in [6.45, 7) is 6.88. The normalized spacial score (nSPS) is 18.9. The van der Waals surface area contributed by atoms with Crippen molar-refractivity contribution in [3.63, 3.8) is 0 Å². The van der Waals surface area contributed by atoms with Crippen molar-refractivity contribution in [1.82, 2.24) is 10.3 Å². The molecule has 0 radical (unpaired) electrons. The fourth-order valence-corrected chi connectivity index (χ4v) is 2.21. The molecule has 2 heteroatoms. The van der Waals surface area contributed by atoms with E-state index in [9.17, 15) is 0 Å². The standard InChI is InChI=1S/C15H24N2/c1-13(14-5-3-9-17-12-14)11-16-10-4-6-15(2)7-8-15/h3,5,9,12-13,16H,4,6-8,10-11H2,1-2H3. The van der Waals surface area contributed by atoms with Gasteiger partial charge in [-0.25, -0.2) is 0 Å². The van der Waals surface area contributed by atoms with Crippen molar-refractivity contribution >= 4 is 0 Å². The second-order valence-corrected chi connectivity index (χ2v) is 5.81. The van der Waals surface area contributed by atoms with Crippen molar-refractivity contribution in [2.75, 3.05) is 13.1 Å². The third kappa shape index (κ3) is 4.12. The monoisotopic (exact) mass is 232 g/mol. The van der Waals surface area contributed by atoms with Gasteiger partial charge in [-0.15, -0.1) is 0 Å². The Hall–Kier alpha value is -0.890. The highest BCUT2D eigenvalue weighted by atomic mass is 14.9. The molecule has 1 aliphatic rings. The molecule has 17 heavy (non-hydrogen) atoms. The summed E-state index contributed by atoms with van der Waals surface area (Å²) in [7, 11) is 0. The van der Waals surface area contributed by atoms with E-state index in [-0.39, 0.29) is 0 Å². The molecule has 0 spiro atoms. The highest BCUT2D eigenvalue weighted by Crippen LogP contribution is 2.48. The van der Waals surface area contributed by atoms with Gasteiger partial charge in [-0.2, -0.15) is 0 Å².